The van der Waals surface area contributed by atoms with Crippen LogP contribution in [0.5, 0.6) is 0 Å². The zero-order valence-electron chi connectivity index (χ0n) is 13.0. The van der Waals surface area contributed by atoms with Crippen LogP contribution in [0.2, 0.25) is 0 Å². The van der Waals surface area contributed by atoms with Crippen molar-refractivity contribution in [2.24, 2.45) is 23.5 Å². The molecule has 2 N–H and O–H groups in total. The van der Waals surface area contributed by atoms with E-state index in [0.717, 1.165) is 29.8 Å². The molecule has 0 spiro atoms. The minimum Gasteiger partial charge on any atom is -0.327 e. The van der Waals surface area contributed by atoms with Gasteiger partial charge in [-0.2, -0.15) is 0 Å². The minimum atomic E-state index is 0.594. The van der Waals surface area contributed by atoms with Gasteiger partial charge < -0.3 is 10.3 Å². The highest BCUT2D eigenvalue weighted by molar-refractivity contribution is 5.77. The smallest absolute Gasteiger partial charge is 0.113 e. The Morgan fingerprint density at radius 2 is 2.05 bits per heavy atom. The Labute approximate surface area is 126 Å². The van der Waals surface area contributed by atoms with Gasteiger partial charge in [-0.3, -0.25) is 0 Å². The lowest BCUT2D eigenvalue weighted by molar-refractivity contribution is 0.506. The quantitative estimate of drug-likeness (QED) is 0.930. The normalized spacial score (nSPS) is 27.5. The molecule has 0 aliphatic heterocycles. The number of hydrogen-bond acceptors (Lipinski definition) is 2. The molecule has 4 rings (SSSR count). The van der Waals surface area contributed by atoms with Crippen LogP contribution in [0.3, 0.4) is 0 Å². The molecule has 3 heteroatoms. The Bertz CT molecular complexity index is 660. The van der Waals surface area contributed by atoms with Crippen molar-refractivity contribution in [2.75, 3.05) is 0 Å². The van der Waals surface area contributed by atoms with Crippen LogP contribution < -0.4 is 5.73 Å². The van der Waals surface area contributed by atoms with Crippen molar-refractivity contribution in [3.8, 4) is 0 Å². The van der Waals surface area contributed by atoms with Gasteiger partial charge in [-0.1, -0.05) is 26.3 Å². The maximum atomic E-state index is 5.78. The highest BCUT2D eigenvalue weighted by atomic mass is 15.1. The zero-order chi connectivity index (χ0) is 14.6. The fraction of sp³-hybridized carbons (Fsp3) is 0.611. The van der Waals surface area contributed by atoms with Crippen LogP contribution in [0.4, 0.5) is 0 Å². The first-order chi connectivity index (χ1) is 10.2. The van der Waals surface area contributed by atoms with Gasteiger partial charge in [0.25, 0.3) is 0 Å². The summed E-state index contributed by atoms with van der Waals surface area (Å²) in [5.41, 5.74) is 9.39. The summed E-state index contributed by atoms with van der Waals surface area (Å²) in [6.07, 6.45) is 4.25. The van der Waals surface area contributed by atoms with E-state index in [1.54, 1.807) is 0 Å². The minimum absolute atomic E-state index is 0.594. The van der Waals surface area contributed by atoms with Crippen molar-refractivity contribution in [1.29, 1.82) is 0 Å². The van der Waals surface area contributed by atoms with Crippen molar-refractivity contribution < 1.29 is 0 Å². The van der Waals surface area contributed by atoms with E-state index in [4.69, 9.17) is 10.7 Å². The number of nitrogens with zero attached hydrogens (tertiary/aromatic N) is 2. The Hall–Kier alpha value is -1.35. The molecule has 2 aromatic rings. The number of hydrogen-bond donors (Lipinski definition) is 1. The zero-order valence-corrected chi connectivity index (χ0v) is 13.0. The Balaban J connectivity index is 1.80. The van der Waals surface area contributed by atoms with E-state index in [9.17, 15) is 0 Å². The van der Waals surface area contributed by atoms with E-state index in [2.05, 4.69) is 36.6 Å². The SMILES string of the molecule is CC(C)Cn1c(C2C3CCCC32)nc2cc(CN)ccc21. The molecule has 2 aliphatic rings. The lowest BCUT2D eigenvalue weighted by atomic mass is 10.1. The summed E-state index contributed by atoms with van der Waals surface area (Å²) < 4.78 is 2.49. The summed E-state index contributed by atoms with van der Waals surface area (Å²) in [6, 6.07) is 6.54. The first-order valence-electron chi connectivity index (χ1n) is 8.38. The highest BCUT2D eigenvalue weighted by Gasteiger charge is 2.55. The maximum Gasteiger partial charge on any atom is 0.113 e. The standard InChI is InChI=1S/C18H25N3/c1-11(2)10-21-16-7-6-12(9-19)8-15(16)20-18(21)17-13-4-3-5-14(13)17/h6-8,11,13-14,17H,3-5,9-10,19H2,1-2H3. The summed E-state index contributed by atoms with van der Waals surface area (Å²) in [5.74, 6) is 4.56. The molecule has 3 nitrogen and oxygen atoms in total. The van der Waals surface area contributed by atoms with Crippen LogP contribution in [0.25, 0.3) is 11.0 Å². The van der Waals surface area contributed by atoms with Gasteiger partial charge in [0.15, 0.2) is 0 Å². The number of nitrogens with two attached hydrogens (primary N) is 1. The lowest BCUT2D eigenvalue weighted by Crippen LogP contribution is -2.09. The van der Waals surface area contributed by atoms with E-state index in [1.807, 2.05) is 0 Å². The molecule has 2 fully saturated rings. The summed E-state index contributed by atoms with van der Waals surface area (Å²) >= 11 is 0. The van der Waals surface area contributed by atoms with Crippen LogP contribution >= 0.6 is 0 Å². The molecule has 1 heterocycles. The van der Waals surface area contributed by atoms with Crippen molar-refractivity contribution >= 4 is 11.0 Å². The number of imidazole rings is 1. The fourth-order valence-corrected chi connectivity index (χ4v) is 4.34. The largest absolute Gasteiger partial charge is 0.327 e. The van der Waals surface area contributed by atoms with E-state index >= 15 is 0 Å². The predicted octanol–water partition coefficient (Wildman–Crippen LogP) is 3.66. The predicted molar refractivity (Wildman–Crippen MR) is 86.0 cm³/mol. The van der Waals surface area contributed by atoms with Gasteiger partial charge in [0.1, 0.15) is 5.82 Å². The van der Waals surface area contributed by atoms with Gasteiger partial charge in [-0.05, 0) is 48.3 Å². The van der Waals surface area contributed by atoms with Gasteiger partial charge in [0.05, 0.1) is 11.0 Å². The average Bonchev–Trinajstić information content (AvgIpc) is 2.84. The molecule has 0 saturated heterocycles. The van der Waals surface area contributed by atoms with Gasteiger partial charge in [-0.25, -0.2) is 4.98 Å². The molecular formula is C18H25N3. The van der Waals surface area contributed by atoms with Crippen LogP contribution in [-0.4, -0.2) is 9.55 Å². The maximum absolute atomic E-state index is 5.78. The third-order valence-electron chi connectivity index (χ3n) is 5.33. The second kappa shape index (κ2) is 4.84. The average molecular weight is 283 g/mol. The first-order valence-corrected chi connectivity index (χ1v) is 8.38. The summed E-state index contributed by atoms with van der Waals surface area (Å²) in [7, 11) is 0. The molecule has 0 amide bonds. The molecule has 1 aromatic heterocycles. The number of rotatable bonds is 4. The summed E-state index contributed by atoms with van der Waals surface area (Å²) in [4.78, 5) is 5.03. The molecule has 2 saturated carbocycles. The van der Waals surface area contributed by atoms with E-state index in [1.165, 1.54) is 36.2 Å². The van der Waals surface area contributed by atoms with Gasteiger partial charge in [-0.15, -0.1) is 0 Å². The van der Waals surface area contributed by atoms with Crippen LogP contribution in [-0.2, 0) is 13.1 Å². The van der Waals surface area contributed by atoms with Gasteiger partial charge >= 0.3 is 0 Å². The molecular weight excluding hydrogens is 258 g/mol. The van der Waals surface area contributed by atoms with E-state index in [-0.39, 0.29) is 0 Å². The van der Waals surface area contributed by atoms with Gasteiger partial charge in [0.2, 0.25) is 0 Å². The van der Waals surface area contributed by atoms with Crippen LogP contribution in [0.15, 0.2) is 18.2 Å². The van der Waals surface area contributed by atoms with Crippen LogP contribution in [0.1, 0.15) is 50.4 Å². The van der Waals surface area contributed by atoms with Gasteiger partial charge in [0, 0.05) is 19.0 Å². The molecule has 112 valence electrons. The molecule has 1 aromatic carbocycles. The summed E-state index contributed by atoms with van der Waals surface area (Å²) in [5, 5.41) is 0. The molecule has 0 radical (unpaired) electrons. The Kier molecular flexibility index (Phi) is 3.07. The highest BCUT2D eigenvalue weighted by Crippen LogP contribution is 2.63. The van der Waals surface area contributed by atoms with Crippen LogP contribution in [0, 0.1) is 17.8 Å². The third kappa shape index (κ3) is 2.10. The molecule has 2 aliphatic carbocycles. The fourth-order valence-electron chi connectivity index (χ4n) is 4.34. The van der Waals surface area contributed by atoms with Crippen molar-refractivity contribution in [2.45, 2.75) is 52.1 Å². The van der Waals surface area contributed by atoms with E-state index < -0.39 is 0 Å². The topological polar surface area (TPSA) is 43.8 Å². The number of fused-ring (bicyclic) bond motifs is 2. The number of aromatic nitrogens is 2. The Morgan fingerprint density at radius 1 is 1.29 bits per heavy atom. The molecule has 21 heavy (non-hydrogen) atoms. The summed E-state index contributed by atoms with van der Waals surface area (Å²) in [6.45, 7) is 6.25. The van der Waals surface area contributed by atoms with E-state index in [0.29, 0.717) is 12.5 Å². The van der Waals surface area contributed by atoms with Crippen molar-refractivity contribution in [3.05, 3.63) is 29.6 Å². The number of benzene rings is 1. The second-order valence-electron chi connectivity index (χ2n) is 7.29. The molecule has 2 unspecified atom stereocenters. The van der Waals surface area contributed by atoms with Crippen molar-refractivity contribution in [1.82, 2.24) is 9.55 Å². The monoisotopic (exact) mass is 283 g/mol. The lowest BCUT2D eigenvalue weighted by Gasteiger charge is -2.13. The molecule has 2 atom stereocenters. The second-order valence-corrected chi connectivity index (χ2v) is 7.29. The Morgan fingerprint density at radius 3 is 2.71 bits per heavy atom. The molecule has 0 bridgehead atoms. The van der Waals surface area contributed by atoms with Crippen molar-refractivity contribution in [3.63, 3.8) is 0 Å². The first kappa shape index (κ1) is 13.3. The third-order valence-corrected chi connectivity index (χ3v) is 5.33.